The van der Waals surface area contributed by atoms with E-state index < -0.39 is 33.7 Å². The second-order valence-electron chi connectivity index (χ2n) is 11.8. The number of nitrogens with zero attached hydrogens (tertiary/aromatic N) is 1. The minimum absolute atomic E-state index is 0.0289. The molecule has 4 rings (SSSR count). The SMILES string of the molecule is CCOc1cc(C(Nc2ccc3c(c2)CN(C(=O)OC(C)(C)C)CC3)C(=O)NS(=O)(=O)c2ccccc2)ccc1OC(C)C. The maximum atomic E-state index is 13.7. The van der Waals surface area contributed by atoms with Crippen LogP contribution in [0.1, 0.15) is 64.3 Å². The summed E-state index contributed by atoms with van der Waals surface area (Å²) < 4.78 is 45.7. The Morgan fingerprint density at radius 3 is 2.34 bits per heavy atom. The van der Waals surface area contributed by atoms with Crippen molar-refractivity contribution >= 4 is 27.7 Å². The van der Waals surface area contributed by atoms with Crippen molar-refractivity contribution in [2.45, 2.75) is 77.2 Å². The third kappa shape index (κ3) is 8.43. The van der Waals surface area contributed by atoms with Crippen molar-refractivity contribution in [3.8, 4) is 11.5 Å². The van der Waals surface area contributed by atoms with E-state index in [2.05, 4.69) is 10.0 Å². The first kappa shape index (κ1) is 32.7. The fourth-order valence-corrected chi connectivity index (χ4v) is 5.79. The Morgan fingerprint density at radius 1 is 0.955 bits per heavy atom. The Labute approximate surface area is 259 Å². The quantitative estimate of drug-likeness (QED) is 0.290. The molecule has 11 heteroatoms. The zero-order valence-electron chi connectivity index (χ0n) is 26.0. The molecule has 1 atom stereocenters. The summed E-state index contributed by atoms with van der Waals surface area (Å²) in [5, 5.41) is 3.22. The van der Waals surface area contributed by atoms with E-state index in [1.54, 1.807) is 41.3 Å². The van der Waals surface area contributed by atoms with E-state index >= 15 is 0 Å². The Bertz CT molecular complexity index is 1580. The largest absolute Gasteiger partial charge is 0.490 e. The van der Waals surface area contributed by atoms with Crippen LogP contribution >= 0.6 is 0 Å². The van der Waals surface area contributed by atoms with Gasteiger partial charge in [-0.2, -0.15) is 0 Å². The zero-order valence-corrected chi connectivity index (χ0v) is 26.9. The van der Waals surface area contributed by atoms with Crippen molar-refractivity contribution in [1.29, 1.82) is 0 Å². The lowest BCUT2D eigenvalue weighted by molar-refractivity contribution is -0.120. The molecule has 3 aromatic rings. The van der Waals surface area contributed by atoms with Gasteiger partial charge in [0, 0.05) is 18.8 Å². The average Bonchev–Trinajstić information content (AvgIpc) is 2.95. The molecule has 3 aromatic carbocycles. The summed E-state index contributed by atoms with van der Waals surface area (Å²) in [6, 6.07) is 17.3. The number of amides is 2. The zero-order chi connectivity index (χ0) is 32.1. The van der Waals surface area contributed by atoms with Crippen molar-refractivity contribution in [2.24, 2.45) is 0 Å². The molecule has 1 aliphatic rings. The number of nitrogens with one attached hydrogen (secondary N) is 2. The summed E-state index contributed by atoms with van der Waals surface area (Å²) >= 11 is 0. The van der Waals surface area contributed by atoms with Gasteiger partial charge in [0.05, 0.1) is 17.6 Å². The van der Waals surface area contributed by atoms with Crippen LogP contribution in [0.3, 0.4) is 0 Å². The fourth-order valence-electron chi connectivity index (χ4n) is 4.77. The molecule has 0 aliphatic carbocycles. The first-order valence-corrected chi connectivity index (χ1v) is 16.2. The molecule has 0 aromatic heterocycles. The molecule has 1 heterocycles. The maximum Gasteiger partial charge on any atom is 0.410 e. The molecule has 0 saturated heterocycles. The lowest BCUT2D eigenvalue weighted by atomic mass is 9.98. The number of ether oxygens (including phenoxy) is 3. The molecule has 0 saturated carbocycles. The molecule has 44 heavy (non-hydrogen) atoms. The van der Waals surface area contributed by atoms with E-state index in [0.717, 1.165) is 11.1 Å². The Balaban J connectivity index is 1.67. The van der Waals surface area contributed by atoms with Crippen molar-refractivity contribution in [3.05, 3.63) is 83.4 Å². The number of sulfonamides is 1. The lowest BCUT2D eigenvalue weighted by Gasteiger charge is -2.31. The molecule has 0 bridgehead atoms. The number of rotatable bonds is 10. The topological polar surface area (TPSA) is 123 Å². The van der Waals surface area contributed by atoms with Crippen LogP contribution in [0.2, 0.25) is 0 Å². The fraction of sp³-hybridized carbons (Fsp3) is 0.394. The van der Waals surface area contributed by atoms with E-state index in [1.807, 2.05) is 59.7 Å². The second kappa shape index (κ2) is 13.6. The van der Waals surface area contributed by atoms with Crippen LogP contribution in [0.5, 0.6) is 11.5 Å². The molecule has 0 fully saturated rings. The van der Waals surface area contributed by atoms with Crippen molar-refractivity contribution < 1.29 is 32.2 Å². The Kier molecular flexibility index (Phi) is 10.1. The summed E-state index contributed by atoms with van der Waals surface area (Å²) in [7, 11) is -4.15. The number of carbonyl (C=O) groups is 2. The van der Waals surface area contributed by atoms with Crippen molar-refractivity contribution in [1.82, 2.24) is 9.62 Å². The van der Waals surface area contributed by atoms with Gasteiger partial charge in [0.1, 0.15) is 11.6 Å². The van der Waals surface area contributed by atoms with Crippen LogP contribution in [-0.4, -0.2) is 50.2 Å². The number of fused-ring (bicyclic) bond motifs is 1. The Morgan fingerprint density at radius 2 is 1.68 bits per heavy atom. The molecule has 1 unspecified atom stereocenters. The molecule has 10 nitrogen and oxygen atoms in total. The molecule has 0 radical (unpaired) electrons. The standard InChI is InChI=1S/C33H41N3O7S/c1-7-41-29-20-24(14-16-28(29)42-22(2)3)30(31(37)35-44(39,40)27-11-9-8-10-12-27)34-26-15-13-23-17-18-36(21-25(23)19-26)32(38)43-33(4,5)6/h8-16,19-20,22,30,34H,7,17-18,21H2,1-6H3,(H,35,37). The van der Waals surface area contributed by atoms with E-state index in [9.17, 15) is 18.0 Å². The van der Waals surface area contributed by atoms with Crippen molar-refractivity contribution in [3.63, 3.8) is 0 Å². The van der Waals surface area contributed by atoms with Crippen LogP contribution in [0.25, 0.3) is 0 Å². The average molecular weight is 624 g/mol. The lowest BCUT2D eigenvalue weighted by Crippen LogP contribution is -2.40. The second-order valence-corrected chi connectivity index (χ2v) is 13.5. The van der Waals surface area contributed by atoms with Crippen LogP contribution in [0.15, 0.2) is 71.6 Å². The number of hydrogen-bond acceptors (Lipinski definition) is 8. The van der Waals surface area contributed by atoms with E-state index in [0.29, 0.717) is 48.9 Å². The highest BCUT2D eigenvalue weighted by Crippen LogP contribution is 2.34. The van der Waals surface area contributed by atoms with Crippen LogP contribution in [-0.2, 0) is 32.5 Å². The first-order valence-electron chi connectivity index (χ1n) is 14.7. The monoisotopic (exact) mass is 623 g/mol. The van der Waals surface area contributed by atoms with Gasteiger partial charge in [-0.1, -0.05) is 30.3 Å². The summed E-state index contributed by atoms with van der Waals surface area (Å²) in [5.41, 5.74) is 2.42. The van der Waals surface area contributed by atoms with Crippen LogP contribution in [0, 0.1) is 0 Å². The summed E-state index contributed by atoms with van der Waals surface area (Å²) in [5.74, 6) is 0.169. The Hall–Kier alpha value is -4.25. The molecule has 0 spiro atoms. The minimum atomic E-state index is -4.15. The number of benzene rings is 3. The maximum absolute atomic E-state index is 13.7. The van der Waals surface area contributed by atoms with E-state index in [4.69, 9.17) is 14.2 Å². The predicted octanol–water partition coefficient (Wildman–Crippen LogP) is 5.82. The highest BCUT2D eigenvalue weighted by Gasteiger charge is 2.29. The van der Waals surface area contributed by atoms with Gasteiger partial charge in [-0.05, 0) is 101 Å². The molecule has 1 aliphatic heterocycles. The molecule has 2 amide bonds. The molecule has 236 valence electrons. The van der Waals surface area contributed by atoms with Crippen LogP contribution < -0.4 is 19.5 Å². The third-order valence-corrected chi connectivity index (χ3v) is 8.06. The summed E-state index contributed by atoms with van der Waals surface area (Å²) in [4.78, 5) is 28.1. The summed E-state index contributed by atoms with van der Waals surface area (Å²) in [6.07, 6.45) is 0.157. The minimum Gasteiger partial charge on any atom is -0.490 e. The molecular weight excluding hydrogens is 582 g/mol. The normalized spacial score (nSPS) is 13.9. The van der Waals surface area contributed by atoms with Gasteiger partial charge >= 0.3 is 6.09 Å². The van der Waals surface area contributed by atoms with Gasteiger partial charge < -0.3 is 24.4 Å². The summed E-state index contributed by atoms with van der Waals surface area (Å²) in [6.45, 7) is 12.4. The van der Waals surface area contributed by atoms with Gasteiger partial charge in [0.2, 0.25) is 0 Å². The first-order chi connectivity index (χ1) is 20.8. The van der Waals surface area contributed by atoms with Gasteiger partial charge in [0.15, 0.2) is 11.5 Å². The van der Waals surface area contributed by atoms with Crippen LogP contribution in [0.4, 0.5) is 10.5 Å². The van der Waals surface area contributed by atoms with E-state index in [-0.39, 0.29) is 11.0 Å². The number of anilines is 1. The predicted molar refractivity (Wildman–Crippen MR) is 168 cm³/mol. The molecular formula is C33H41N3O7S. The smallest absolute Gasteiger partial charge is 0.410 e. The van der Waals surface area contributed by atoms with Gasteiger partial charge in [-0.15, -0.1) is 0 Å². The van der Waals surface area contributed by atoms with Gasteiger partial charge in [-0.3, -0.25) is 4.79 Å². The van der Waals surface area contributed by atoms with Gasteiger partial charge in [0.25, 0.3) is 15.9 Å². The highest BCUT2D eigenvalue weighted by atomic mass is 32.2. The van der Waals surface area contributed by atoms with Crippen molar-refractivity contribution in [2.75, 3.05) is 18.5 Å². The number of hydrogen-bond donors (Lipinski definition) is 2. The third-order valence-electron chi connectivity index (χ3n) is 6.70. The number of carbonyl (C=O) groups excluding carboxylic acids is 2. The van der Waals surface area contributed by atoms with E-state index in [1.165, 1.54) is 12.1 Å². The van der Waals surface area contributed by atoms with Gasteiger partial charge in [-0.25, -0.2) is 17.9 Å². The highest BCUT2D eigenvalue weighted by molar-refractivity contribution is 7.90. The molecule has 2 N–H and O–H groups in total.